The first-order valence-corrected chi connectivity index (χ1v) is 12.3. The maximum Gasteiger partial charge on any atom is 0.323 e. The number of anilines is 3. The molecule has 34 heavy (non-hydrogen) atoms. The van der Waals surface area contributed by atoms with Gasteiger partial charge in [-0.25, -0.2) is 9.78 Å². The number of carbonyl (C=O) groups is 1. The van der Waals surface area contributed by atoms with Crippen molar-refractivity contribution in [3.63, 3.8) is 0 Å². The molecular weight excluding hydrogens is 430 g/mol. The SMILES string of the molecule is COC[C@H](C)N(C)C1CCN(c2ccc(NC(=O)Nc3ccc(OC4CCCC4)nc3)cc2)C1.[HH]. The molecule has 0 bridgehead atoms. The van der Waals surface area contributed by atoms with Crippen molar-refractivity contribution in [3.8, 4) is 5.88 Å². The van der Waals surface area contributed by atoms with Crippen LogP contribution in [0.25, 0.3) is 0 Å². The van der Waals surface area contributed by atoms with E-state index in [9.17, 15) is 4.79 Å². The van der Waals surface area contributed by atoms with Gasteiger partial charge in [0.1, 0.15) is 6.10 Å². The van der Waals surface area contributed by atoms with E-state index in [1.807, 2.05) is 18.2 Å². The average Bonchev–Trinajstić information content (AvgIpc) is 3.53. The third-order valence-electron chi connectivity index (χ3n) is 6.92. The van der Waals surface area contributed by atoms with E-state index < -0.39 is 0 Å². The molecule has 1 unspecified atom stereocenters. The smallest absolute Gasteiger partial charge is 0.323 e. The zero-order chi connectivity index (χ0) is 23.9. The minimum atomic E-state index is -0.297. The summed E-state index contributed by atoms with van der Waals surface area (Å²) in [6.45, 7) is 4.96. The topological polar surface area (TPSA) is 79.0 Å². The van der Waals surface area contributed by atoms with Crippen LogP contribution in [0.2, 0.25) is 0 Å². The second-order valence-corrected chi connectivity index (χ2v) is 9.39. The van der Waals surface area contributed by atoms with E-state index in [4.69, 9.17) is 9.47 Å². The number of hydrogen-bond donors (Lipinski definition) is 2. The van der Waals surface area contributed by atoms with Gasteiger partial charge in [-0.15, -0.1) is 0 Å². The maximum absolute atomic E-state index is 12.4. The summed E-state index contributed by atoms with van der Waals surface area (Å²) in [5.41, 5.74) is 2.54. The number of amides is 2. The molecule has 2 heterocycles. The lowest BCUT2D eigenvalue weighted by Crippen LogP contribution is -2.42. The minimum absolute atomic E-state index is 0. The molecule has 0 spiro atoms. The van der Waals surface area contributed by atoms with E-state index in [2.05, 4.69) is 51.5 Å². The largest absolute Gasteiger partial charge is 0.474 e. The summed E-state index contributed by atoms with van der Waals surface area (Å²) in [5.74, 6) is 0.608. The van der Waals surface area contributed by atoms with E-state index in [1.165, 1.54) is 18.5 Å². The molecule has 2 N–H and O–H groups in total. The van der Waals surface area contributed by atoms with Crippen molar-refractivity contribution < 1.29 is 15.7 Å². The highest BCUT2D eigenvalue weighted by Crippen LogP contribution is 2.26. The number of hydrogen-bond acceptors (Lipinski definition) is 6. The number of nitrogens with zero attached hydrogens (tertiary/aromatic N) is 3. The molecule has 2 atom stereocenters. The van der Waals surface area contributed by atoms with Gasteiger partial charge >= 0.3 is 6.03 Å². The summed E-state index contributed by atoms with van der Waals surface area (Å²) in [4.78, 5) is 21.5. The number of pyridine rings is 1. The Labute approximate surface area is 204 Å². The lowest BCUT2D eigenvalue weighted by atomic mass is 10.2. The van der Waals surface area contributed by atoms with Crippen molar-refractivity contribution in [2.75, 3.05) is 49.4 Å². The number of ether oxygens (including phenoxy) is 2. The molecule has 0 radical (unpaired) electrons. The van der Waals surface area contributed by atoms with Crippen LogP contribution in [-0.4, -0.2) is 68.0 Å². The first-order chi connectivity index (χ1) is 16.5. The third kappa shape index (κ3) is 6.39. The van der Waals surface area contributed by atoms with Crippen molar-refractivity contribution in [3.05, 3.63) is 42.6 Å². The number of aromatic nitrogens is 1. The molecule has 1 aromatic carbocycles. The molecule has 2 amide bonds. The van der Waals surface area contributed by atoms with E-state index in [-0.39, 0.29) is 13.6 Å². The monoisotopic (exact) mass is 469 g/mol. The Morgan fingerprint density at radius 2 is 1.85 bits per heavy atom. The fourth-order valence-corrected chi connectivity index (χ4v) is 4.78. The number of likely N-dealkylation sites (N-methyl/N-ethyl adjacent to an activating group) is 1. The van der Waals surface area contributed by atoms with Gasteiger partial charge in [-0.1, -0.05) is 0 Å². The van der Waals surface area contributed by atoms with Crippen LogP contribution in [0.3, 0.4) is 0 Å². The Morgan fingerprint density at radius 1 is 1.15 bits per heavy atom. The van der Waals surface area contributed by atoms with Crippen LogP contribution in [0.4, 0.5) is 21.9 Å². The van der Waals surface area contributed by atoms with Gasteiger partial charge in [0.25, 0.3) is 0 Å². The van der Waals surface area contributed by atoms with Crippen LogP contribution in [-0.2, 0) is 4.74 Å². The van der Waals surface area contributed by atoms with E-state index >= 15 is 0 Å². The summed E-state index contributed by atoms with van der Waals surface area (Å²) < 4.78 is 11.2. The van der Waals surface area contributed by atoms with E-state index in [0.29, 0.717) is 23.7 Å². The lowest BCUT2D eigenvalue weighted by molar-refractivity contribution is 0.0946. The summed E-state index contributed by atoms with van der Waals surface area (Å²) in [6, 6.07) is 12.2. The molecule has 1 saturated heterocycles. The van der Waals surface area contributed by atoms with Crippen LogP contribution in [0.5, 0.6) is 5.88 Å². The second-order valence-electron chi connectivity index (χ2n) is 9.39. The zero-order valence-corrected chi connectivity index (χ0v) is 20.5. The van der Waals surface area contributed by atoms with E-state index in [1.54, 1.807) is 19.4 Å². The van der Waals surface area contributed by atoms with Gasteiger partial charge in [-0.05, 0) is 76.4 Å². The molecule has 1 aromatic heterocycles. The number of benzene rings is 1. The maximum atomic E-state index is 12.4. The van der Waals surface area contributed by atoms with E-state index in [0.717, 1.165) is 44.6 Å². The number of methoxy groups -OCH3 is 1. The zero-order valence-electron chi connectivity index (χ0n) is 20.5. The predicted octanol–water partition coefficient (Wildman–Crippen LogP) is 4.84. The first-order valence-electron chi connectivity index (χ1n) is 12.3. The number of urea groups is 1. The minimum Gasteiger partial charge on any atom is -0.474 e. The Hall–Kier alpha value is -2.84. The molecule has 1 aliphatic heterocycles. The summed E-state index contributed by atoms with van der Waals surface area (Å²) in [7, 11) is 3.93. The lowest BCUT2D eigenvalue weighted by Gasteiger charge is -2.30. The van der Waals surface area contributed by atoms with Gasteiger partial charge < -0.3 is 25.0 Å². The second kappa shape index (κ2) is 11.5. The molecule has 2 fully saturated rings. The standard InChI is InChI=1S/C26H37N5O3.H2/c1-19(18-33-3)30(2)23-14-15-31(17-23)22-11-8-20(9-12-22)28-26(32)29-21-10-13-25(27-16-21)34-24-6-4-5-7-24;/h8-13,16,19,23-24H,4-7,14-15,17-18H2,1-3H3,(H2,28,29,32);1H/t19-,23?;/m0./s1. The Balaban J connectivity index is 0.00000342. The van der Waals surface area contributed by atoms with Gasteiger partial charge in [-0.3, -0.25) is 4.90 Å². The number of carbonyl (C=O) groups excluding carboxylic acids is 1. The summed E-state index contributed by atoms with van der Waals surface area (Å²) >= 11 is 0. The Kier molecular flexibility index (Phi) is 8.24. The molecule has 8 heteroatoms. The van der Waals surface area contributed by atoms with Crippen LogP contribution >= 0.6 is 0 Å². The van der Waals surface area contributed by atoms with Crippen molar-refractivity contribution in [1.82, 2.24) is 9.88 Å². The molecule has 2 aliphatic rings. The molecular formula is C26H39N5O3. The normalized spacial score (nSPS) is 19.4. The van der Waals surface area contributed by atoms with Gasteiger partial charge in [0, 0.05) is 51.2 Å². The molecule has 4 rings (SSSR count). The molecule has 186 valence electrons. The Morgan fingerprint density at radius 3 is 2.53 bits per heavy atom. The molecule has 1 saturated carbocycles. The van der Waals surface area contributed by atoms with Crippen LogP contribution in [0, 0.1) is 0 Å². The van der Waals surface area contributed by atoms with Crippen molar-refractivity contribution in [2.45, 2.75) is 57.2 Å². The van der Waals surface area contributed by atoms with Gasteiger partial charge in [0.15, 0.2) is 0 Å². The first kappa shape index (κ1) is 24.3. The van der Waals surface area contributed by atoms with Gasteiger partial charge in [0.2, 0.25) is 5.88 Å². The van der Waals surface area contributed by atoms with Crippen LogP contribution in [0.1, 0.15) is 40.5 Å². The predicted molar refractivity (Wildman–Crippen MR) is 138 cm³/mol. The van der Waals surface area contributed by atoms with Crippen molar-refractivity contribution in [1.29, 1.82) is 0 Å². The van der Waals surface area contributed by atoms with Crippen LogP contribution in [0.15, 0.2) is 42.6 Å². The van der Waals surface area contributed by atoms with Crippen LogP contribution < -0.4 is 20.3 Å². The average molecular weight is 470 g/mol. The molecule has 1 aliphatic carbocycles. The highest BCUT2D eigenvalue weighted by molar-refractivity contribution is 5.99. The fourth-order valence-electron chi connectivity index (χ4n) is 4.78. The van der Waals surface area contributed by atoms with Gasteiger partial charge in [-0.2, -0.15) is 0 Å². The fraction of sp³-hybridized carbons (Fsp3) is 0.538. The highest BCUT2D eigenvalue weighted by atomic mass is 16.5. The van der Waals surface area contributed by atoms with Crippen molar-refractivity contribution in [2.24, 2.45) is 0 Å². The molecule has 2 aromatic rings. The quantitative estimate of drug-likeness (QED) is 0.547. The third-order valence-corrected chi connectivity index (χ3v) is 6.92. The molecule has 8 nitrogen and oxygen atoms in total. The highest BCUT2D eigenvalue weighted by Gasteiger charge is 2.28. The summed E-state index contributed by atoms with van der Waals surface area (Å²) in [5, 5.41) is 5.71. The Bertz CT molecular complexity index is 922. The van der Waals surface area contributed by atoms with Gasteiger partial charge in [0.05, 0.1) is 18.5 Å². The number of nitrogens with one attached hydrogen (secondary N) is 2. The van der Waals surface area contributed by atoms with Crippen molar-refractivity contribution >= 4 is 23.1 Å². The summed E-state index contributed by atoms with van der Waals surface area (Å²) in [6.07, 6.45) is 7.64. The number of rotatable bonds is 9.